The van der Waals surface area contributed by atoms with Gasteiger partial charge < -0.3 is 14.5 Å². The Hall–Kier alpha value is -4.43. The van der Waals surface area contributed by atoms with Crippen molar-refractivity contribution in [3.63, 3.8) is 0 Å². The minimum absolute atomic E-state index is 0.0889. The SMILES string of the molecule is Cc1cccc(F)c1N1CCC(N2Cc3cn(C[C@@H]4CC(F)(F)CN4C(=O)OC(C)(C)C)nc3N(Cc3ccccc3C(F)(F)F)C2=O)CC1. The molecule has 1 aromatic heterocycles. The summed E-state index contributed by atoms with van der Waals surface area (Å²) in [6, 6.07) is 8.03. The number of halogens is 6. The molecular weight excluding hydrogens is 666 g/mol. The van der Waals surface area contributed by atoms with Gasteiger partial charge in [0.1, 0.15) is 11.4 Å². The summed E-state index contributed by atoms with van der Waals surface area (Å²) in [5.41, 5.74) is -0.120. The second kappa shape index (κ2) is 13.0. The monoisotopic (exact) mass is 706 g/mol. The van der Waals surface area contributed by atoms with E-state index in [0.29, 0.717) is 37.2 Å². The van der Waals surface area contributed by atoms with Crippen molar-refractivity contribution in [2.45, 2.75) is 96.4 Å². The molecule has 3 aliphatic heterocycles. The number of ether oxygens (including phenoxy) is 1. The van der Waals surface area contributed by atoms with Gasteiger partial charge in [-0.25, -0.2) is 22.8 Å². The van der Waals surface area contributed by atoms with E-state index in [1.165, 1.54) is 33.8 Å². The smallest absolute Gasteiger partial charge is 0.416 e. The normalized spacial score (nSPS) is 20.0. The van der Waals surface area contributed by atoms with E-state index in [2.05, 4.69) is 5.10 Å². The first-order valence-electron chi connectivity index (χ1n) is 16.6. The van der Waals surface area contributed by atoms with Crippen LogP contribution in [-0.4, -0.2) is 74.9 Å². The number of nitrogens with zero attached hydrogens (tertiary/aromatic N) is 6. The van der Waals surface area contributed by atoms with Gasteiger partial charge in [-0.1, -0.05) is 30.3 Å². The average molecular weight is 707 g/mol. The number of piperidine rings is 1. The first-order valence-corrected chi connectivity index (χ1v) is 16.6. The standard InChI is InChI=1S/C35H40F6N6O3/c1-22-8-7-11-28(36)29(22)43-14-12-25(13-15-43)45-19-24-17-44(20-26-16-34(37,38)21-47(26)32(49)50-33(2,3)4)42-30(24)46(31(45)48)18-23-9-5-6-10-27(23)35(39,40)41/h5-11,17,25-26H,12-16,18-21H2,1-4H3/t26-/m0/s1. The molecule has 0 spiro atoms. The maximum absolute atomic E-state index is 14.7. The highest BCUT2D eigenvalue weighted by Gasteiger charge is 2.49. The summed E-state index contributed by atoms with van der Waals surface area (Å²) < 4.78 is 92.9. The van der Waals surface area contributed by atoms with Crippen molar-refractivity contribution in [2.24, 2.45) is 0 Å². The largest absolute Gasteiger partial charge is 0.444 e. The molecule has 2 fully saturated rings. The molecule has 0 saturated carbocycles. The molecule has 0 radical (unpaired) electrons. The molecule has 6 rings (SSSR count). The van der Waals surface area contributed by atoms with Gasteiger partial charge in [0.15, 0.2) is 5.82 Å². The van der Waals surface area contributed by atoms with Crippen LogP contribution in [0.3, 0.4) is 0 Å². The molecule has 0 unspecified atom stereocenters. The number of amides is 3. The molecular formula is C35H40F6N6O3. The molecule has 270 valence electrons. The van der Waals surface area contributed by atoms with Gasteiger partial charge in [-0.2, -0.15) is 18.3 Å². The van der Waals surface area contributed by atoms with Crippen molar-refractivity contribution in [3.05, 3.63) is 76.7 Å². The molecule has 0 aliphatic carbocycles. The lowest BCUT2D eigenvalue weighted by molar-refractivity contribution is -0.138. The van der Waals surface area contributed by atoms with Crippen molar-refractivity contribution in [3.8, 4) is 0 Å². The van der Waals surface area contributed by atoms with Crippen LogP contribution in [0.25, 0.3) is 0 Å². The quantitative estimate of drug-likeness (QED) is 0.247. The van der Waals surface area contributed by atoms with Crippen LogP contribution in [0.15, 0.2) is 48.7 Å². The van der Waals surface area contributed by atoms with Crippen LogP contribution in [0.4, 0.5) is 47.4 Å². The Morgan fingerprint density at radius 2 is 1.74 bits per heavy atom. The zero-order valence-corrected chi connectivity index (χ0v) is 28.3. The third-order valence-electron chi connectivity index (χ3n) is 9.35. The molecule has 3 aromatic rings. The average Bonchev–Trinajstić information content (AvgIpc) is 3.56. The first kappa shape index (κ1) is 35.4. The number of urea groups is 1. The highest BCUT2D eigenvalue weighted by molar-refractivity contribution is 5.94. The van der Waals surface area contributed by atoms with Crippen LogP contribution in [-0.2, 0) is 30.5 Å². The van der Waals surface area contributed by atoms with Crippen molar-refractivity contribution < 1.29 is 40.7 Å². The number of benzene rings is 2. The van der Waals surface area contributed by atoms with Gasteiger partial charge in [-0.15, -0.1) is 0 Å². The highest BCUT2D eigenvalue weighted by atomic mass is 19.4. The number of fused-ring (bicyclic) bond motifs is 1. The number of anilines is 2. The zero-order valence-electron chi connectivity index (χ0n) is 28.3. The highest BCUT2D eigenvalue weighted by Crippen LogP contribution is 2.38. The van der Waals surface area contributed by atoms with Gasteiger partial charge in [0.25, 0.3) is 5.92 Å². The van der Waals surface area contributed by atoms with Gasteiger partial charge in [-0.05, 0) is 63.8 Å². The fourth-order valence-electron chi connectivity index (χ4n) is 7.15. The summed E-state index contributed by atoms with van der Waals surface area (Å²) in [6.07, 6.45) is -3.63. The summed E-state index contributed by atoms with van der Waals surface area (Å²) in [5, 5.41) is 4.54. The Balaban J connectivity index is 1.29. The van der Waals surface area contributed by atoms with Crippen molar-refractivity contribution in [2.75, 3.05) is 29.4 Å². The maximum atomic E-state index is 14.7. The summed E-state index contributed by atoms with van der Waals surface area (Å²) in [5.74, 6) is -3.38. The van der Waals surface area contributed by atoms with E-state index in [9.17, 15) is 35.9 Å². The lowest BCUT2D eigenvalue weighted by Gasteiger charge is -2.43. The van der Waals surface area contributed by atoms with Gasteiger partial charge >= 0.3 is 18.3 Å². The van der Waals surface area contributed by atoms with Gasteiger partial charge in [-0.3, -0.25) is 14.5 Å². The van der Waals surface area contributed by atoms with E-state index in [0.717, 1.165) is 16.5 Å². The van der Waals surface area contributed by atoms with Crippen molar-refractivity contribution in [1.29, 1.82) is 0 Å². The molecule has 3 amide bonds. The number of carbonyl (C=O) groups is 2. The van der Waals surface area contributed by atoms with Crippen molar-refractivity contribution >= 4 is 23.6 Å². The van der Waals surface area contributed by atoms with E-state index in [1.807, 2.05) is 17.9 Å². The Kier molecular flexibility index (Phi) is 9.23. The lowest BCUT2D eigenvalue weighted by Crippen LogP contribution is -2.54. The molecule has 1 atom stereocenters. The Bertz CT molecular complexity index is 1730. The lowest BCUT2D eigenvalue weighted by atomic mass is 10.00. The van der Waals surface area contributed by atoms with Crippen LogP contribution in [0, 0.1) is 12.7 Å². The first-order chi connectivity index (χ1) is 23.4. The fraction of sp³-hybridized carbons (Fsp3) is 0.514. The molecule has 3 aliphatic rings. The number of carbonyl (C=O) groups excluding carboxylic acids is 2. The summed E-state index contributed by atoms with van der Waals surface area (Å²) in [6.45, 7) is 6.31. The minimum Gasteiger partial charge on any atom is -0.444 e. The number of aryl methyl sites for hydroxylation is 1. The summed E-state index contributed by atoms with van der Waals surface area (Å²) in [7, 11) is 0. The van der Waals surface area contributed by atoms with Gasteiger partial charge in [0.2, 0.25) is 0 Å². The topological polar surface area (TPSA) is 74.2 Å². The Labute approximate surface area is 286 Å². The fourth-order valence-corrected chi connectivity index (χ4v) is 7.15. The van der Waals surface area contributed by atoms with E-state index in [1.54, 1.807) is 37.9 Å². The van der Waals surface area contributed by atoms with E-state index in [4.69, 9.17) is 4.74 Å². The molecule has 50 heavy (non-hydrogen) atoms. The third-order valence-corrected chi connectivity index (χ3v) is 9.35. The molecule has 2 saturated heterocycles. The Morgan fingerprint density at radius 1 is 1.04 bits per heavy atom. The number of alkyl halides is 5. The van der Waals surface area contributed by atoms with Crippen LogP contribution < -0.4 is 9.80 Å². The van der Waals surface area contributed by atoms with E-state index in [-0.39, 0.29) is 36.3 Å². The van der Waals surface area contributed by atoms with Gasteiger partial charge in [0.05, 0.1) is 43.5 Å². The zero-order chi connectivity index (χ0) is 36.2. The Morgan fingerprint density at radius 3 is 2.40 bits per heavy atom. The predicted molar refractivity (Wildman–Crippen MR) is 173 cm³/mol. The van der Waals surface area contributed by atoms with E-state index < -0.39 is 60.9 Å². The number of rotatable bonds is 6. The second-order valence-corrected chi connectivity index (χ2v) is 14.3. The third kappa shape index (κ3) is 7.36. The number of aromatic nitrogens is 2. The van der Waals surface area contributed by atoms with Gasteiger partial charge in [0, 0.05) is 37.3 Å². The molecule has 9 nitrogen and oxygen atoms in total. The van der Waals surface area contributed by atoms with Crippen LogP contribution in [0.1, 0.15) is 62.3 Å². The molecule has 15 heteroatoms. The van der Waals surface area contributed by atoms with Crippen LogP contribution in [0.2, 0.25) is 0 Å². The number of para-hydroxylation sites is 1. The summed E-state index contributed by atoms with van der Waals surface area (Å²) in [4.78, 5) is 32.8. The molecule has 4 heterocycles. The predicted octanol–water partition coefficient (Wildman–Crippen LogP) is 7.61. The number of hydrogen-bond acceptors (Lipinski definition) is 5. The molecule has 2 aromatic carbocycles. The number of hydrogen-bond donors (Lipinski definition) is 0. The second-order valence-electron chi connectivity index (χ2n) is 14.3. The number of likely N-dealkylation sites (tertiary alicyclic amines) is 1. The van der Waals surface area contributed by atoms with E-state index >= 15 is 0 Å². The molecule has 0 bridgehead atoms. The molecule has 0 N–H and O–H groups in total. The van der Waals surface area contributed by atoms with Crippen molar-refractivity contribution in [1.82, 2.24) is 19.6 Å². The maximum Gasteiger partial charge on any atom is 0.416 e. The van der Waals surface area contributed by atoms with Crippen LogP contribution >= 0.6 is 0 Å². The van der Waals surface area contributed by atoms with Crippen LogP contribution in [0.5, 0.6) is 0 Å². The minimum atomic E-state index is -4.67. The summed E-state index contributed by atoms with van der Waals surface area (Å²) >= 11 is 0.